The molecule has 0 unspecified atom stereocenters. The molecule has 1 atom stereocenters. The lowest BCUT2D eigenvalue weighted by Crippen LogP contribution is -2.39. The Balaban J connectivity index is 2.33. The van der Waals surface area contributed by atoms with Crippen molar-refractivity contribution in [1.82, 2.24) is 10.6 Å². The second kappa shape index (κ2) is 7.03. The Morgan fingerprint density at radius 3 is 2.33 bits per heavy atom. The van der Waals surface area contributed by atoms with Gasteiger partial charge in [0.1, 0.15) is 17.6 Å². The molecule has 0 heterocycles. The van der Waals surface area contributed by atoms with Gasteiger partial charge in [0.15, 0.2) is 11.6 Å². The predicted octanol–water partition coefficient (Wildman–Crippen LogP) is 2.03. The number of likely N-dealkylation sites (N-methyl/N-ethyl adjacent to an activating group) is 1. The van der Waals surface area contributed by atoms with E-state index >= 15 is 0 Å². The number of hydrogen-bond donors (Lipinski definition) is 3. The summed E-state index contributed by atoms with van der Waals surface area (Å²) in [5, 5.41) is 14.2. The van der Waals surface area contributed by atoms with Gasteiger partial charge < -0.3 is 15.7 Å². The van der Waals surface area contributed by atoms with Gasteiger partial charge in [-0.25, -0.2) is 13.2 Å². The average molecular weight is 338 g/mol. The number of carbonyl (C=O) groups is 2. The van der Waals surface area contributed by atoms with Crippen molar-refractivity contribution in [3.05, 3.63) is 65.0 Å². The summed E-state index contributed by atoms with van der Waals surface area (Å²) in [6.07, 6.45) is 0. The van der Waals surface area contributed by atoms with Crippen molar-refractivity contribution in [2.24, 2.45) is 0 Å². The number of aromatic hydroxyl groups is 1. The van der Waals surface area contributed by atoms with E-state index in [1.807, 2.05) is 0 Å². The molecule has 126 valence electrons. The summed E-state index contributed by atoms with van der Waals surface area (Å²) in [5.74, 6) is -5.21. The molecule has 5 nitrogen and oxygen atoms in total. The van der Waals surface area contributed by atoms with Crippen LogP contribution in [0.3, 0.4) is 0 Å². The Kier molecular flexibility index (Phi) is 5.08. The molecule has 0 aliphatic heterocycles. The Bertz CT molecular complexity index is 796. The summed E-state index contributed by atoms with van der Waals surface area (Å²) >= 11 is 0. The number of amides is 2. The van der Waals surface area contributed by atoms with Crippen LogP contribution in [0.4, 0.5) is 13.2 Å². The van der Waals surface area contributed by atoms with E-state index in [0.717, 1.165) is 36.4 Å². The van der Waals surface area contributed by atoms with Crippen LogP contribution in [0.2, 0.25) is 0 Å². The minimum Gasteiger partial charge on any atom is -0.507 e. The van der Waals surface area contributed by atoms with Crippen LogP contribution in [0.1, 0.15) is 22.0 Å². The summed E-state index contributed by atoms with van der Waals surface area (Å²) in [6, 6.07) is 4.14. The van der Waals surface area contributed by atoms with Crippen molar-refractivity contribution in [2.45, 2.75) is 6.04 Å². The third-order valence-electron chi connectivity index (χ3n) is 3.27. The fourth-order valence-corrected chi connectivity index (χ4v) is 2.04. The Hall–Kier alpha value is -3.03. The van der Waals surface area contributed by atoms with E-state index in [2.05, 4.69) is 10.6 Å². The smallest absolute Gasteiger partial charge is 0.255 e. The Morgan fingerprint density at radius 1 is 1.04 bits per heavy atom. The molecule has 2 rings (SSSR count). The van der Waals surface area contributed by atoms with Gasteiger partial charge in [0.25, 0.3) is 5.91 Å². The summed E-state index contributed by atoms with van der Waals surface area (Å²) in [4.78, 5) is 24.1. The predicted molar refractivity (Wildman–Crippen MR) is 78.7 cm³/mol. The first-order valence-electron chi connectivity index (χ1n) is 6.79. The van der Waals surface area contributed by atoms with E-state index in [-0.39, 0.29) is 11.1 Å². The number of phenolic OH excluding ortho intramolecular Hbond substituents is 1. The van der Waals surface area contributed by atoms with Crippen LogP contribution in [0.15, 0.2) is 36.4 Å². The number of carbonyl (C=O) groups excluding carboxylic acids is 2. The van der Waals surface area contributed by atoms with Crippen molar-refractivity contribution < 1.29 is 27.9 Å². The lowest BCUT2D eigenvalue weighted by molar-refractivity contribution is -0.122. The van der Waals surface area contributed by atoms with Gasteiger partial charge >= 0.3 is 0 Å². The first-order chi connectivity index (χ1) is 11.3. The first-order valence-corrected chi connectivity index (χ1v) is 6.79. The van der Waals surface area contributed by atoms with Crippen LogP contribution in [-0.2, 0) is 4.79 Å². The SMILES string of the molecule is CNC(=O)[C@@H](NC(=O)c1ccc(F)cc1O)c1ccc(F)c(F)c1. The topological polar surface area (TPSA) is 78.4 Å². The molecule has 3 N–H and O–H groups in total. The molecule has 0 spiro atoms. The highest BCUT2D eigenvalue weighted by atomic mass is 19.2. The molecule has 0 aliphatic rings. The van der Waals surface area contributed by atoms with Gasteiger partial charge in [-0.2, -0.15) is 0 Å². The maximum atomic E-state index is 13.4. The molecule has 0 aliphatic carbocycles. The number of benzene rings is 2. The highest BCUT2D eigenvalue weighted by molar-refractivity contribution is 5.99. The second-order valence-electron chi connectivity index (χ2n) is 4.86. The summed E-state index contributed by atoms with van der Waals surface area (Å²) in [6.45, 7) is 0. The van der Waals surface area contributed by atoms with Gasteiger partial charge in [-0.05, 0) is 29.8 Å². The molecule has 0 aromatic heterocycles. The summed E-state index contributed by atoms with van der Waals surface area (Å²) in [7, 11) is 1.30. The molecule has 2 amide bonds. The zero-order valence-electron chi connectivity index (χ0n) is 12.4. The van der Waals surface area contributed by atoms with Crippen LogP contribution in [0, 0.1) is 17.5 Å². The van der Waals surface area contributed by atoms with Crippen LogP contribution in [-0.4, -0.2) is 24.0 Å². The van der Waals surface area contributed by atoms with Crippen molar-refractivity contribution in [2.75, 3.05) is 7.05 Å². The minimum absolute atomic E-state index is 0.00296. The van der Waals surface area contributed by atoms with E-state index in [1.165, 1.54) is 7.05 Å². The normalized spacial score (nSPS) is 11.7. The monoisotopic (exact) mass is 338 g/mol. The van der Waals surface area contributed by atoms with Crippen LogP contribution < -0.4 is 10.6 Å². The van der Waals surface area contributed by atoms with Crippen molar-refractivity contribution >= 4 is 11.8 Å². The van der Waals surface area contributed by atoms with Gasteiger partial charge in [0.05, 0.1) is 5.56 Å². The van der Waals surface area contributed by atoms with Gasteiger partial charge in [0, 0.05) is 13.1 Å². The average Bonchev–Trinajstić information content (AvgIpc) is 2.54. The molecule has 0 bridgehead atoms. The van der Waals surface area contributed by atoms with E-state index in [1.54, 1.807) is 0 Å². The molecule has 0 radical (unpaired) electrons. The van der Waals surface area contributed by atoms with Crippen molar-refractivity contribution in [1.29, 1.82) is 0 Å². The Morgan fingerprint density at radius 2 is 1.75 bits per heavy atom. The summed E-state index contributed by atoms with van der Waals surface area (Å²) in [5.41, 5.74) is -0.268. The fraction of sp³-hybridized carbons (Fsp3) is 0.125. The number of nitrogens with one attached hydrogen (secondary N) is 2. The highest BCUT2D eigenvalue weighted by Crippen LogP contribution is 2.21. The third kappa shape index (κ3) is 3.65. The first kappa shape index (κ1) is 17.3. The second-order valence-corrected chi connectivity index (χ2v) is 4.86. The molecule has 8 heteroatoms. The van der Waals surface area contributed by atoms with Gasteiger partial charge in [-0.15, -0.1) is 0 Å². The maximum absolute atomic E-state index is 13.4. The van der Waals surface area contributed by atoms with Crippen LogP contribution in [0.25, 0.3) is 0 Å². The minimum atomic E-state index is -1.33. The van der Waals surface area contributed by atoms with Crippen LogP contribution >= 0.6 is 0 Å². The molecule has 0 fully saturated rings. The molecular formula is C16H13F3N2O3. The maximum Gasteiger partial charge on any atom is 0.255 e. The number of hydrogen-bond acceptors (Lipinski definition) is 3. The van der Waals surface area contributed by atoms with Gasteiger partial charge in [-0.1, -0.05) is 6.07 Å². The van der Waals surface area contributed by atoms with E-state index in [9.17, 15) is 27.9 Å². The highest BCUT2D eigenvalue weighted by Gasteiger charge is 2.24. The number of rotatable bonds is 4. The standard InChI is InChI=1S/C16H13F3N2O3/c1-20-16(24)14(8-2-5-11(18)12(19)6-8)21-15(23)10-4-3-9(17)7-13(10)22/h2-7,14,22H,1H3,(H,20,24)(H,21,23)/t14-/m0/s1. The molecule has 2 aromatic carbocycles. The lowest BCUT2D eigenvalue weighted by Gasteiger charge is -2.18. The van der Waals surface area contributed by atoms with E-state index in [0.29, 0.717) is 0 Å². The van der Waals surface area contributed by atoms with E-state index in [4.69, 9.17) is 0 Å². The molecule has 2 aromatic rings. The zero-order valence-corrected chi connectivity index (χ0v) is 12.4. The van der Waals surface area contributed by atoms with E-state index < -0.39 is 41.1 Å². The molecule has 0 saturated heterocycles. The zero-order chi connectivity index (χ0) is 17.9. The largest absolute Gasteiger partial charge is 0.507 e. The lowest BCUT2D eigenvalue weighted by atomic mass is 10.0. The fourth-order valence-electron chi connectivity index (χ4n) is 2.04. The summed E-state index contributed by atoms with van der Waals surface area (Å²) < 4.78 is 39.4. The number of halogens is 3. The molecule has 24 heavy (non-hydrogen) atoms. The number of phenols is 1. The van der Waals surface area contributed by atoms with Gasteiger partial charge in [-0.3, -0.25) is 9.59 Å². The molecular weight excluding hydrogens is 325 g/mol. The van der Waals surface area contributed by atoms with Crippen molar-refractivity contribution in [3.8, 4) is 5.75 Å². The van der Waals surface area contributed by atoms with Crippen molar-refractivity contribution in [3.63, 3.8) is 0 Å². The molecule has 0 saturated carbocycles. The quantitative estimate of drug-likeness (QED) is 0.798. The third-order valence-corrected chi connectivity index (χ3v) is 3.27. The Labute approximate surface area is 135 Å². The van der Waals surface area contributed by atoms with Gasteiger partial charge in [0.2, 0.25) is 5.91 Å². The van der Waals surface area contributed by atoms with Crippen LogP contribution in [0.5, 0.6) is 5.75 Å².